The van der Waals surface area contributed by atoms with Crippen LogP contribution in [0.4, 0.5) is 5.69 Å². The number of aromatic carboxylic acids is 1. The minimum atomic E-state index is -1.24. The third-order valence-electron chi connectivity index (χ3n) is 2.25. The molecule has 2 rings (SSSR count). The number of benzene rings is 1. The zero-order chi connectivity index (χ0) is 13.1. The first-order valence-electron chi connectivity index (χ1n) is 4.94. The molecule has 0 bridgehead atoms. The van der Waals surface area contributed by atoms with Crippen LogP contribution < -0.4 is 5.32 Å². The van der Waals surface area contributed by atoms with Gasteiger partial charge >= 0.3 is 5.97 Å². The number of rotatable bonds is 3. The van der Waals surface area contributed by atoms with Gasteiger partial charge in [-0.1, -0.05) is 0 Å². The Kier molecular flexibility index (Phi) is 2.96. The molecule has 0 saturated carbocycles. The smallest absolute Gasteiger partial charge is 0.339 e. The van der Waals surface area contributed by atoms with E-state index >= 15 is 0 Å². The van der Waals surface area contributed by atoms with Gasteiger partial charge in [0, 0.05) is 18.0 Å². The second kappa shape index (κ2) is 4.58. The lowest BCUT2D eigenvalue weighted by molar-refractivity contribution is 0.0693. The Morgan fingerprint density at radius 1 is 1.33 bits per heavy atom. The second-order valence-electron chi connectivity index (χ2n) is 3.48. The van der Waals surface area contributed by atoms with Crippen LogP contribution in [0, 0.1) is 0 Å². The first-order valence-corrected chi connectivity index (χ1v) is 4.94. The molecule has 0 aliphatic heterocycles. The molecule has 0 atom stereocenters. The van der Waals surface area contributed by atoms with Crippen LogP contribution in [0.5, 0.6) is 5.75 Å². The highest BCUT2D eigenvalue weighted by atomic mass is 16.4. The molecular weight excluding hydrogens is 238 g/mol. The van der Waals surface area contributed by atoms with Crippen molar-refractivity contribution in [3.63, 3.8) is 0 Å². The van der Waals surface area contributed by atoms with E-state index in [1.807, 2.05) is 0 Å². The largest absolute Gasteiger partial charge is 0.507 e. The third kappa shape index (κ3) is 2.29. The van der Waals surface area contributed by atoms with Gasteiger partial charge in [-0.25, -0.2) is 4.79 Å². The van der Waals surface area contributed by atoms with Crippen molar-refractivity contribution in [1.82, 2.24) is 10.2 Å². The number of hydrogen-bond donors (Lipinski definition) is 4. The molecule has 0 radical (unpaired) electrons. The Morgan fingerprint density at radius 3 is 2.67 bits per heavy atom. The van der Waals surface area contributed by atoms with Gasteiger partial charge in [-0.05, 0) is 12.1 Å². The van der Waals surface area contributed by atoms with Crippen molar-refractivity contribution in [3.8, 4) is 5.75 Å². The van der Waals surface area contributed by atoms with Crippen LogP contribution in [0.1, 0.15) is 20.7 Å². The normalized spacial score (nSPS) is 10.0. The van der Waals surface area contributed by atoms with E-state index in [1.165, 1.54) is 30.6 Å². The van der Waals surface area contributed by atoms with Gasteiger partial charge in [0.25, 0.3) is 5.91 Å². The summed E-state index contributed by atoms with van der Waals surface area (Å²) in [6, 6.07) is 3.77. The summed E-state index contributed by atoms with van der Waals surface area (Å²) < 4.78 is 0. The van der Waals surface area contributed by atoms with Crippen LogP contribution in [0.25, 0.3) is 0 Å². The van der Waals surface area contributed by atoms with E-state index in [0.29, 0.717) is 11.3 Å². The predicted octanol–water partition coefficient (Wildman–Crippen LogP) is 1.07. The zero-order valence-corrected chi connectivity index (χ0v) is 9.04. The summed E-state index contributed by atoms with van der Waals surface area (Å²) in [5.41, 5.74) is 0.400. The highest BCUT2D eigenvalue weighted by Gasteiger charge is 2.12. The Morgan fingerprint density at radius 2 is 2.11 bits per heavy atom. The van der Waals surface area contributed by atoms with Gasteiger partial charge in [0.15, 0.2) is 0 Å². The van der Waals surface area contributed by atoms with Crippen molar-refractivity contribution in [1.29, 1.82) is 0 Å². The molecule has 1 aromatic heterocycles. The maximum Gasteiger partial charge on any atom is 0.339 e. The number of amides is 1. The van der Waals surface area contributed by atoms with Crippen molar-refractivity contribution in [2.24, 2.45) is 0 Å². The van der Waals surface area contributed by atoms with Gasteiger partial charge in [0.1, 0.15) is 11.3 Å². The van der Waals surface area contributed by atoms with E-state index in [2.05, 4.69) is 15.5 Å². The number of phenols is 1. The molecule has 1 heterocycles. The predicted molar refractivity (Wildman–Crippen MR) is 61.6 cm³/mol. The lowest BCUT2D eigenvalue weighted by Gasteiger charge is -2.05. The minimum absolute atomic E-state index is 0.226. The monoisotopic (exact) mass is 247 g/mol. The molecule has 7 nitrogen and oxygen atoms in total. The van der Waals surface area contributed by atoms with Crippen LogP contribution in [0.15, 0.2) is 30.6 Å². The molecule has 0 aliphatic carbocycles. The standard InChI is InChI=1S/C11H9N3O4/c15-9-3-7(1-2-8(9)11(17)18)14-10(16)6-4-12-13-5-6/h1-5,15H,(H,12,13)(H,14,16)(H,17,18). The molecule has 0 saturated heterocycles. The Hall–Kier alpha value is -2.83. The number of carbonyl (C=O) groups excluding carboxylic acids is 1. The van der Waals surface area contributed by atoms with Gasteiger partial charge in [-0.3, -0.25) is 9.89 Å². The number of aromatic hydroxyl groups is 1. The molecular formula is C11H9N3O4. The molecule has 18 heavy (non-hydrogen) atoms. The summed E-state index contributed by atoms with van der Waals surface area (Å²) >= 11 is 0. The van der Waals surface area contributed by atoms with Gasteiger partial charge < -0.3 is 15.5 Å². The molecule has 0 fully saturated rings. The second-order valence-corrected chi connectivity index (χ2v) is 3.48. The zero-order valence-electron chi connectivity index (χ0n) is 9.04. The van der Waals surface area contributed by atoms with E-state index < -0.39 is 17.6 Å². The van der Waals surface area contributed by atoms with Crippen molar-refractivity contribution in [2.45, 2.75) is 0 Å². The SMILES string of the molecule is O=C(Nc1ccc(C(=O)O)c(O)c1)c1cn[nH]c1. The highest BCUT2D eigenvalue weighted by molar-refractivity contribution is 6.04. The fourth-order valence-electron chi connectivity index (χ4n) is 1.37. The van der Waals surface area contributed by atoms with Crippen molar-refractivity contribution in [2.75, 3.05) is 5.32 Å². The summed E-state index contributed by atoms with van der Waals surface area (Å²) in [5, 5.41) is 26.8. The Bertz CT molecular complexity index is 592. The van der Waals surface area contributed by atoms with Crippen molar-refractivity contribution < 1.29 is 19.8 Å². The van der Waals surface area contributed by atoms with Crippen LogP contribution in [-0.2, 0) is 0 Å². The average Bonchev–Trinajstić information content (AvgIpc) is 2.81. The fraction of sp³-hybridized carbons (Fsp3) is 0. The number of carboxylic acid groups (broad SMARTS) is 1. The van der Waals surface area contributed by atoms with Crippen molar-refractivity contribution in [3.05, 3.63) is 41.7 Å². The number of nitrogens with one attached hydrogen (secondary N) is 2. The molecule has 0 unspecified atom stereocenters. The first-order chi connectivity index (χ1) is 8.58. The van der Waals surface area contributed by atoms with Crippen LogP contribution in [0.2, 0.25) is 0 Å². The third-order valence-corrected chi connectivity index (χ3v) is 2.25. The maximum absolute atomic E-state index is 11.6. The summed E-state index contributed by atoms with van der Waals surface area (Å²) in [6.07, 6.45) is 2.77. The van der Waals surface area contributed by atoms with E-state index in [-0.39, 0.29) is 5.56 Å². The van der Waals surface area contributed by atoms with Gasteiger partial charge in [-0.2, -0.15) is 5.10 Å². The molecule has 7 heteroatoms. The Balaban J connectivity index is 2.18. The lowest BCUT2D eigenvalue weighted by atomic mass is 10.2. The number of carbonyl (C=O) groups is 2. The van der Waals surface area contributed by atoms with E-state index in [9.17, 15) is 14.7 Å². The van der Waals surface area contributed by atoms with E-state index in [1.54, 1.807) is 0 Å². The number of aromatic nitrogens is 2. The molecule has 0 aliphatic rings. The summed E-state index contributed by atoms with van der Waals surface area (Å²) in [7, 11) is 0. The summed E-state index contributed by atoms with van der Waals surface area (Å²) in [6.45, 7) is 0. The van der Waals surface area contributed by atoms with Gasteiger partial charge in [0.05, 0.1) is 11.8 Å². The number of carboxylic acids is 1. The van der Waals surface area contributed by atoms with E-state index in [4.69, 9.17) is 5.11 Å². The Labute approximate surface area is 101 Å². The number of hydrogen-bond acceptors (Lipinski definition) is 4. The number of aromatic amines is 1. The molecule has 92 valence electrons. The molecule has 1 amide bonds. The lowest BCUT2D eigenvalue weighted by Crippen LogP contribution is -2.11. The maximum atomic E-state index is 11.6. The molecule has 4 N–H and O–H groups in total. The van der Waals surface area contributed by atoms with Crippen LogP contribution in [0.3, 0.4) is 0 Å². The van der Waals surface area contributed by atoms with Crippen LogP contribution in [-0.4, -0.2) is 32.3 Å². The van der Waals surface area contributed by atoms with Gasteiger partial charge in [-0.15, -0.1) is 0 Å². The minimum Gasteiger partial charge on any atom is -0.507 e. The fourth-order valence-corrected chi connectivity index (χ4v) is 1.37. The van der Waals surface area contributed by atoms with Crippen LogP contribution >= 0.6 is 0 Å². The molecule has 0 spiro atoms. The quantitative estimate of drug-likeness (QED) is 0.647. The number of nitrogens with zero attached hydrogens (tertiary/aromatic N) is 1. The summed E-state index contributed by atoms with van der Waals surface area (Å²) in [4.78, 5) is 22.3. The topological polar surface area (TPSA) is 115 Å². The average molecular weight is 247 g/mol. The van der Waals surface area contributed by atoms with E-state index in [0.717, 1.165) is 0 Å². The highest BCUT2D eigenvalue weighted by Crippen LogP contribution is 2.22. The first kappa shape index (κ1) is 11.6. The molecule has 2 aromatic rings. The van der Waals surface area contributed by atoms with Crippen molar-refractivity contribution >= 4 is 17.6 Å². The van der Waals surface area contributed by atoms with Gasteiger partial charge in [0.2, 0.25) is 0 Å². The molecule has 1 aromatic carbocycles. The number of H-pyrrole nitrogens is 1. The summed E-state index contributed by atoms with van der Waals surface area (Å²) in [5.74, 6) is -2.06. The number of anilines is 1.